The van der Waals surface area contributed by atoms with Crippen LogP contribution in [0.15, 0.2) is 29.2 Å². The van der Waals surface area contributed by atoms with Gasteiger partial charge in [0.15, 0.2) is 0 Å². The zero-order valence-corrected chi connectivity index (χ0v) is 12.5. The Bertz CT molecular complexity index is 467. The van der Waals surface area contributed by atoms with Crippen LogP contribution in [-0.2, 0) is 9.47 Å². The molecule has 1 N–H and O–H groups in total. The Labute approximate surface area is 122 Å². The molecular formula is C13H18N2O4S. The lowest BCUT2D eigenvalue weighted by atomic mass is 10.2. The van der Waals surface area contributed by atoms with Crippen molar-refractivity contribution < 1.29 is 19.1 Å². The van der Waals surface area contributed by atoms with Crippen LogP contribution in [0.3, 0.4) is 0 Å². The van der Waals surface area contributed by atoms with Gasteiger partial charge in [-0.25, -0.2) is 15.0 Å². The number of rotatable bonds is 4. The van der Waals surface area contributed by atoms with Crippen LogP contribution >= 0.6 is 11.9 Å². The first kappa shape index (κ1) is 16.2. The molecule has 0 radical (unpaired) electrons. The van der Waals surface area contributed by atoms with Crippen molar-refractivity contribution in [2.45, 2.75) is 25.7 Å². The summed E-state index contributed by atoms with van der Waals surface area (Å²) >= 11 is 1.06. The van der Waals surface area contributed by atoms with Crippen molar-refractivity contribution in [1.29, 1.82) is 0 Å². The first-order valence-electron chi connectivity index (χ1n) is 6.22. The predicted molar refractivity (Wildman–Crippen MR) is 76.1 cm³/mol. The number of hydrogen-bond donors (Lipinski definition) is 1. The SMILES string of the molecule is CCOC(=O)NN(Sc1ccccc1C)C(=O)OCC. The molecule has 0 atom stereocenters. The average molecular weight is 298 g/mol. The molecule has 0 bridgehead atoms. The Morgan fingerprint density at radius 2 is 1.85 bits per heavy atom. The summed E-state index contributed by atoms with van der Waals surface area (Å²) in [5.74, 6) is 0. The van der Waals surface area contributed by atoms with E-state index in [2.05, 4.69) is 5.43 Å². The van der Waals surface area contributed by atoms with Crippen LogP contribution in [0.2, 0.25) is 0 Å². The van der Waals surface area contributed by atoms with Gasteiger partial charge in [0.2, 0.25) is 0 Å². The minimum absolute atomic E-state index is 0.216. The number of hydrogen-bond acceptors (Lipinski definition) is 5. The van der Waals surface area contributed by atoms with Crippen LogP contribution in [0.1, 0.15) is 19.4 Å². The zero-order chi connectivity index (χ0) is 15.0. The third kappa shape index (κ3) is 5.00. The molecule has 0 saturated carbocycles. The van der Waals surface area contributed by atoms with Crippen molar-refractivity contribution in [3.8, 4) is 0 Å². The molecule has 1 aromatic carbocycles. The molecule has 1 aromatic rings. The van der Waals surface area contributed by atoms with Gasteiger partial charge in [-0.15, -0.1) is 4.41 Å². The van der Waals surface area contributed by atoms with E-state index < -0.39 is 12.2 Å². The lowest BCUT2D eigenvalue weighted by Crippen LogP contribution is -2.42. The van der Waals surface area contributed by atoms with E-state index in [-0.39, 0.29) is 13.2 Å². The highest BCUT2D eigenvalue weighted by atomic mass is 32.2. The van der Waals surface area contributed by atoms with Gasteiger partial charge in [0.25, 0.3) is 0 Å². The van der Waals surface area contributed by atoms with Crippen LogP contribution in [0, 0.1) is 6.92 Å². The lowest BCUT2D eigenvalue weighted by molar-refractivity contribution is 0.106. The molecule has 0 spiro atoms. The Morgan fingerprint density at radius 1 is 1.20 bits per heavy atom. The van der Waals surface area contributed by atoms with E-state index in [0.717, 1.165) is 26.8 Å². The first-order valence-corrected chi connectivity index (χ1v) is 6.99. The van der Waals surface area contributed by atoms with E-state index in [1.165, 1.54) is 0 Å². The van der Waals surface area contributed by atoms with Gasteiger partial charge in [0.05, 0.1) is 13.2 Å². The number of benzene rings is 1. The second kappa shape index (κ2) is 8.31. The molecule has 2 amide bonds. The predicted octanol–water partition coefficient (Wildman–Crippen LogP) is 3.12. The molecule has 0 unspecified atom stereocenters. The van der Waals surface area contributed by atoms with Crippen molar-refractivity contribution >= 4 is 24.1 Å². The molecular weight excluding hydrogens is 280 g/mol. The minimum atomic E-state index is -0.707. The number of nitrogens with zero attached hydrogens (tertiary/aromatic N) is 1. The van der Waals surface area contributed by atoms with E-state index in [1.54, 1.807) is 13.8 Å². The van der Waals surface area contributed by atoms with Crippen molar-refractivity contribution in [1.82, 2.24) is 9.84 Å². The topological polar surface area (TPSA) is 67.9 Å². The highest BCUT2D eigenvalue weighted by Crippen LogP contribution is 2.25. The number of ether oxygens (including phenoxy) is 2. The fourth-order valence-corrected chi connectivity index (χ4v) is 2.09. The maximum atomic E-state index is 11.8. The molecule has 0 saturated heterocycles. The smallest absolute Gasteiger partial charge is 0.439 e. The van der Waals surface area contributed by atoms with Crippen molar-refractivity contribution in [3.63, 3.8) is 0 Å². The van der Waals surface area contributed by atoms with Crippen molar-refractivity contribution in [2.75, 3.05) is 13.2 Å². The quantitative estimate of drug-likeness (QED) is 0.683. The second-order valence-electron chi connectivity index (χ2n) is 3.68. The first-order chi connectivity index (χ1) is 9.58. The van der Waals surface area contributed by atoms with Gasteiger partial charge in [-0.2, -0.15) is 0 Å². The van der Waals surface area contributed by atoms with Crippen molar-refractivity contribution in [3.05, 3.63) is 29.8 Å². The average Bonchev–Trinajstić information content (AvgIpc) is 2.41. The van der Waals surface area contributed by atoms with E-state index in [9.17, 15) is 9.59 Å². The monoisotopic (exact) mass is 298 g/mol. The van der Waals surface area contributed by atoms with E-state index in [1.807, 2.05) is 31.2 Å². The fourth-order valence-electron chi connectivity index (χ4n) is 1.29. The Kier molecular flexibility index (Phi) is 6.72. The number of aryl methyl sites for hydroxylation is 1. The molecule has 0 aliphatic carbocycles. The Hall–Kier alpha value is -1.89. The van der Waals surface area contributed by atoms with Crippen LogP contribution in [0.4, 0.5) is 9.59 Å². The summed E-state index contributed by atoms with van der Waals surface area (Å²) in [7, 11) is 0. The van der Waals surface area contributed by atoms with Gasteiger partial charge in [0.1, 0.15) is 0 Å². The molecule has 0 fully saturated rings. The summed E-state index contributed by atoms with van der Waals surface area (Å²) in [6.07, 6.45) is -1.37. The Balaban J connectivity index is 2.79. The Morgan fingerprint density at radius 3 is 2.45 bits per heavy atom. The van der Waals surface area contributed by atoms with E-state index >= 15 is 0 Å². The molecule has 6 nitrogen and oxygen atoms in total. The number of carbonyl (C=O) groups is 2. The lowest BCUT2D eigenvalue weighted by Gasteiger charge is -2.21. The molecule has 110 valence electrons. The maximum absolute atomic E-state index is 11.8. The molecule has 20 heavy (non-hydrogen) atoms. The molecule has 0 aliphatic rings. The zero-order valence-electron chi connectivity index (χ0n) is 11.7. The fraction of sp³-hybridized carbons (Fsp3) is 0.385. The molecule has 0 heterocycles. The van der Waals surface area contributed by atoms with Gasteiger partial charge in [-0.3, -0.25) is 0 Å². The molecule has 0 aromatic heterocycles. The number of hydrazine groups is 1. The molecule has 0 aliphatic heterocycles. The maximum Gasteiger partial charge on any atom is 0.439 e. The summed E-state index contributed by atoms with van der Waals surface area (Å²) in [6, 6.07) is 7.50. The normalized spacial score (nSPS) is 9.75. The minimum Gasteiger partial charge on any atom is -0.449 e. The second-order valence-corrected chi connectivity index (χ2v) is 4.67. The van der Waals surface area contributed by atoms with Gasteiger partial charge in [-0.1, -0.05) is 18.2 Å². The third-order valence-corrected chi connectivity index (χ3v) is 3.26. The summed E-state index contributed by atoms with van der Waals surface area (Å²) in [4.78, 5) is 24.1. The highest BCUT2D eigenvalue weighted by Gasteiger charge is 2.20. The highest BCUT2D eigenvalue weighted by molar-refractivity contribution is 7.97. The van der Waals surface area contributed by atoms with E-state index in [4.69, 9.17) is 9.47 Å². The molecule has 1 rings (SSSR count). The summed E-state index contributed by atoms with van der Waals surface area (Å²) in [5.41, 5.74) is 3.32. The van der Waals surface area contributed by atoms with Gasteiger partial charge < -0.3 is 9.47 Å². The summed E-state index contributed by atoms with van der Waals surface area (Å²) < 4.78 is 10.7. The number of amides is 2. The van der Waals surface area contributed by atoms with Gasteiger partial charge in [0, 0.05) is 16.8 Å². The van der Waals surface area contributed by atoms with Crippen LogP contribution in [-0.4, -0.2) is 29.8 Å². The number of nitrogens with one attached hydrogen (secondary N) is 1. The van der Waals surface area contributed by atoms with Crippen LogP contribution in [0.5, 0.6) is 0 Å². The summed E-state index contributed by atoms with van der Waals surface area (Å²) in [5, 5.41) is 0. The van der Waals surface area contributed by atoms with E-state index in [0.29, 0.717) is 0 Å². The standard InChI is InChI=1S/C13H18N2O4S/c1-4-18-12(16)14-15(13(17)19-5-2)20-11-9-7-6-8-10(11)3/h6-9H,4-5H2,1-3H3,(H,14,16). The third-order valence-electron chi connectivity index (χ3n) is 2.19. The van der Waals surface area contributed by atoms with Gasteiger partial charge >= 0.3 is 12.2 Å². The molecule has 7 heteroatoms. The van der Waals surface area contributed by atoms with Crippen LogP contribution in [0.25, 0.3) is 0 Å². The largest absolute Gasteiger partial charge is 0.449 e. The van der Waals surface area contributed by atoms with Gasteiger partial charge in [-0.05, 0) is 32.4 Å². The van der Waals surface area contributed by atoms with Crippen molar-refractivity contribution in [2.24, 2.45) is 0 Å². The number of carbonyl (C=O) groups excluding carboxylic acids is 2. The van der Waals surface area contributed by atoms with Crippen LogP contribution < -0.4 is 5.43 Å². The summed E-state index contributed by atoms with van der Waals surface area (Å²) in [6.45, 7) is 5.73.